The van der Waals surface area contributed by atoms with Crippen LogP contribution < -0.4 is 0 Å². The molecular weight excluding hydrogens is 528 g/mol. The average molecular weight is 558 g/mol. The van der Waals surface area contributed by atoms with Gasteiger partial charge in [-0.2, -0.15) is 0 Å². The number of hydrogen-bond acceptors (Lipinski definition) is 4. The Bertz CT molecular complexity index is 1550. The Labute approximate surface area is 233 Å². The summed E-state index contributed by atoms with van der Waals surface area (Å²) in [6.45, 7) is 3.41. The van der Waals surface area contributed by atoms with Crippen LogP contribution in [0, 0.1) is 23.6 Å². The number of rotatable bonds is 8. The first-order valence-corrected chi connectivity index (χ1v) is 14.0. The molecule has 4 atom stereocenters. The minimum Gasteiger partial charge on any atom is -0.480 e. The molecule has 0 amide bonds. The van der Waals surface area contributed by atoms with Crippen molar-refractivity contribution >= 4 is 14.0 Å². The maximum absolute atomic E-state index is 14.1. The molecule has 0 bridgehead atoms. The van der Waals surface area contributed by atoms with Gasteiger partial charge in [-0.15, -0.1) is 0 Å². The first-order chi connectivity index (χ1) is 19.1. The molecule has 0 saturated carbocycles. The topological polar surface area (TPSA) is 108 Å². The fourth-order valence-electron chi connectivity index (χ4n) is 4.88. The van der Waals surface area contributed by atoms with E-state index < -0.39 is 36.5 Å². The van der Waals surface area contributed by atoms with Gasteiger partial charge >= 0.3 is 5.97 Å². The van der Waals surface area contributed by atoms with E-state index >= 15 is 0 Å². The lowest BCUT2D eigenvalue weighted by molar-refractivity contribution is -0.147. The quantitative estimate of drug-likeness (QED) is 0.185. The van der Waals surface area contributed by atoms with Crippen molar-refractivity contribution in [3.63, 3.8) is 0 Å². The molecule has 4 unspecified atom stereocenters. The van der Waals surface area contributed by atoms with Crippen LogP contribution in [0.1, 0.15) is 36.6 Å². The smallest absolute Gasteiger partial charge is 0.335 e. The third kappa shape index (κ3) is 5.35. The molecule has 4 rings (SSSR count). The molecule has 1 heterocycles. The number of aliphatic carboxylic acids is 1. The van der Waals surface area contributed by atoms with Crippen LogP contribution in [0.3, 0.4) is 0 Å². The molecule has 8 heteroatoms. The molecule has 0 spiro atoms. The SMILES string of the molecule is CC(C)C#CC(C(=O)O)([PH](=O)O)C(O)(c1ccccn1)C(c1ccc(F)cc1)c1cccc(-c2ccccc2)c1. The Hall–Kier alpha value is -4.08. The molecule has 40 heavy (non-hydrogen) atoms. The van der Waals surface area contributed by atoms with Crippen LogP contribution in [0.5, 0.6) is 0 Å². The number of carbonyl (C=O) groups is 1. The highest BCUT2D eigenvalue weighted by Gasteiger charge is 2.65. The molecule has 6 nitrogen and oxygen atoms in total. The minimum absolute atomic E-state index is 0.165. The third-order valence-corrected chi connectivity index (χ3v) is 8.13. The summed E-state index contributed by atoms with van der Waals surface area (Å²) >= 11 is 0. The lowest BCUT2D eigenvalue weighted by Crippen LogP contribution is -2.58. The summed E-state index contributed by atoms with van der Waals surface area (Å²) in [5, 5.41) is 20.6. The summed E-state index contributed by atoms with van der Waals surface area (Å²) in [6.07, 6.45) is 1.36. The molecule has 4 aromatic rings. The number of nitrogens with zero attached hydrogens (tertiary/aromatic N) is 1. The highest BCUT2D eigenvalue weighted by atomic mass is 31.1. The maximum atomic E-state index is 14.1. The average Bonchev–Trinajstić information content (AvgIpc) is 2.95. The lowest BCUT2D eigenvalue weighted by Gasteiger charge is -2.44. The van der Waals surface area contributed by atoms with Crippen molar-refractivity contribution in [2.45, 2.75) is 30.5 Å². The number of hydrogen-bond donors (Lipinski definition) is 3. The second kappa shape index (κ2) is 12.0. The molecule has 3 aromatic carbocycles. The fourth-order valence-corrected chi connectivity index (χ4v) is 5.84. The van der Waals surface area contributed by atoms with Gasteiger partial charge in [0.2, 0.25) is 13.2 Å². The molecule has 0 saturated heterocycles. The van der Waals surface area contributed by atoms with Gasteiger partial charge in [0.05, 0.1) is 5.69 Å². The highest BCUT2D eigenvalue weighted by molar-refractivity contribution is 7.42. The predicted molar refractivity (Wildman–Crippen MR) is 152 cm³/mol. The number of carboxylic acid groups (broad SMARTS) is 1. The molecule has 0 fully saturated rings. The second-order valence-electron chi connectivity index (χ2n) is 9.74. The number of benzene rings is 3. The van der Waals surface area contributed by atoms with Crippen LogP contribution in [0.25, 0.3) is 11.1 Å². The summed E-state index contributed by atoms with van der Waals surface area (Å²) in [6, 6.07) is 26.2. The molecule has 0 aliphatic heterocycles. The summed E-state index contributed by atoms with van der Waals surface area (Å²) in [7, 11) is -4.15. The van der Waals surface area contributed by atoms with Crippen molar-refractivity contribution in [2.24, 2.45) is 5.92 Å². The summed E-state index contributed by atoms with van der Waals surface area (Å²) in [5.41, 5.74) is -0.494. The predicted octanol–water partition coefficient (Wildman–Crippen LogP) is 5.86. The highest BCUT2D eigenvalue weighted by Crippen LogP contribution is 2.57. The Morgan fingerprint density at radius 3 is 2.12 bits per heavy atom. The van der Waals surface area contributed by atoms with E-state index in [2.05, 4.69) is 16.8 Å². The Morgan fingerprint density at radius 2 is 1.55 bits per heavy atom. The molecule has 0 radical (unpaired) electrons. The molecule has 204 valence electrons. The van der Waals surface area contributed by atoms with Crippen LogP contribution in [0.15, 0.2) is 103 Å². The van der Waals surface area contributed by atoms with E-state index in [-0.39, 0.29) is 11.6 Å². The maximum Gasteiger partial charge on any atom is 0.335 e. The van der Waals surface area contributed by atoms with Gasteiger partial charge < -0.3 is 15.1 Å². The summed E-state index contributed by atoms with van der Waals surface area (Å²) in [4.78, 5) is 28.2. The largest absolute Gasteiger partial charge is 0.480 e. The van der Waals surface area contributed by atoms with Gasteiger partial charge in [-0.1, -0.05) is 98.5 Å². The van der Waals surface area contributed by atoms with Crippen LogP contribution in [-0.4, -0.2) is 31.2 Å². The van der Waals surface area contributed by atoms with Gasteiger partial charge in [-0.05, 0) is 46.5 Å². The van der Waals surface area contributed by atoms with E-state index in [4.69, 9.17) is 0 Å². The van der Waals surface area contributed by atoms with Gasteiger partial charge in [0.25, 0.3) is 0 Å². The van der Waals surface area contributed by atoms with E-state index in [9.17, 15) is 28.9 Å². The molecular formula is C32H29FNO5P. The van der Waals surface area contributed by atoms with E-state index in [1.807, 2.05) is 36.4 Å². The third-order valence-electron chi connectivity index (χ3n) is 6.77. The first kappa shape index (κ1) is 28.9. The van der Waals surface area contributed by atoms with Gasteiger partial charge in [-0.25, -0.2) is 9.18 Å². The fraction of sp³-hybridized carbons (Fsp3) is 0.188. The monoisotopic (exact) mass is 557 g/mol. The lowest BCUT2D eigenvalue weighted by atomic mass is 9.67. The van der Waals surface area contributed by atoms with Gasteiger partial charge in [0, 0.05) is 18.0 Å². The number of aromatic nitrogens is 1. The van der Waals surface area contributed by atoms with Crippen LogP contribution in [-0.2, 0) is 15.0 Å². The molecule has 3 N–H and O–H groups in total. The van der Waals surface area contributed by atoms with Crippen molar-refractivity contribution in [2.75, 3.05) is 0 Å². The Balaban J connectivity index is 2.15. The van der Waals surface area contributed by atoms with E-state index in [1.54, 1.807) is 44.2 Å². The zero-order valence-corrected chi connectivity index (χ0v) is 23.0. The van der Waals surface area contributed by atoms with Crippen LogP contribution >= 0.6 is 8.03 Å². The standard InChI is InChI=1S/C32H29FNO5P/c1-22(2)18-19-31(30(35)36,40(38)39)32(37,28-13-6-7-20-34-28)29(24-14-16-27(33)17-15-24)26-12-8-11-25(21-26)23-9-4-3-5-10-23/h3-17,20-22,29,37,40H,1-2H3,(H,35,36)(H,38,39). The van der Waals surface area contributed by atoms with Gasteiger partial charge in [0.15, 0.2) is 5.60 Å². The number of pyridine rings is 1. The van der Waals surface area contributed by atoms with E-state index in [1.165, 1.54) is 36.5 Å². The van der Waals surface area contributed by atoms with Crippen LogP contribution in [0.2, 0.25) is 0 Å². The number of aliphatic hydroxyl groups is 1. The van der Waals surface area contributed by atoms with Crippen molar-refractivity contribution in [1.29, 1.82) is 0 Å². The minimum atomic E-state index is -4.15. The number of halogens is 1. The van der Waals surface area contributed by atoms with E-state index in [0.29, 0.717) is 11.1 Å². The second-order valence-corrected chi connectivity index (χ2v) is 11.1. The van der Waals surface area contributed by atoms with Gasteiger partial charge in [-0.3, -0.25) is 9.55 Å². The molecule has 0 aliphatic rings. The van der Waals surface area contributed by atoms with Crippen molar-refractivity contribution in [3.05, 3.63) is 126 Å². The summed E-state index contributed by atoms with van der Waals surface area (Å²) < 4.78 is 27.3. The van der Waals surface area contributed by atoms with Crippen molar-refractivity contribution < 1.29 is 28.9 Å². The normalized spacial score (nSPS) is 15.7. The van der Waals surface area contributed by atoms with Crippen molar-refractivity contribution in [1.82, 2.24) is 4.98 Å². The molecule has 1 aromatic heterocycles. The molecule has 0 aliphatic carbocycles. The zero-order valence-electron chi connectivity index (χ0n) is 22.0. The first-order valence-electron chi connectivity index (χ1n) is 12.7. The summed E-state index contributed by atoms with van der Waals surface area (Å²) in [5.74, 6) is 1.24. The van der Waals surface area contributed by atoms with Crippen molar-refractivity contribution in [3.8, 4) is 23.0 Å². The Kier molecular flexibility index (Phi) is 8.66. The van der Waals surface area contributed by atoms with Crippen LogP contribution in [0.4, 0.5) is 4.39 Å². The van der Waals surface area contributed by atoms with Gasteiger partial charge in [0.1, 0.15) is 5.82 Å². The zero-order chi connectivity index (χ0) is 28.9. The number of carboxylic acids is 1. The van der Waals surface area contributed by atoms with E-state index in [0.717, 1.165) is 11.1 Å². The Morgan fingerprint density at radius 1 is 0.900 bits per heavy atom.